The van der Waals surface area contributed by atoms with E-state index in [0.717, 1.165) is 56.1 Å². The van der Waals surface area contributed by atoms with E-state index in [-0.39, 0.29) is 5.91 Å². The highest BCUT2D eigenvalue weighted by atomic mass is 32.1. The molecule has 0 radical (unpaired) electrons. The largest absolute Gasteiger partial charge is 0.338 e. The molecule has 4 heteroatoms. The quantitative estimate of drug-likeness (QED) is 0.923. The Hall–Kier alpha value is -0.870. The molecular formula is C15H22N2OS. The summed E-state index contributed by atoms with van der Waals surface area (Å²) in [5.41, 5.74) is 7.03. The number of hydrogen-bond donors (Lipinski definition) is 1. The molecule has 1 aliphatic heterocycles. The standard InChI is InChI=1S/C15H22N2OS/c16-7-4-11-5-8-17(9-6-11)15(18)14-10-12-2-1-3-13(12)19-14/h10-11H,1-9,16H2. The molecule has 1 aromatic rings. The Balaban J connectivity index is 1.61. The average Bonchev–Trinajstić information content (AvgIpc) is 3.00. The molecule has 0 saturated carbocycles. The summed E-state index contributed by atoms with van der Waals surface area (Å²) in [6.45, 7) is 2.59. The number of thiophene rings is 1. The van der Waals surface area contributed by atoms with Crippen molar-refractivity contribution in [2.24, 2.45) is 11.7 Å². The van der Waals surface area contributed by atoms with Crippen molar-refractivity contribution in [1.29, 1.82) is 0 Å². The zero-order valence-corrected chi connectivity index (χ0v) is 12.2. The first-order chi connectivity index (χ1) is 9.28. The van der Waals surface area contributed by atoms with Crippen LogP contribution in [0.1, 0.15) is 45.8 Å². The van der Waals surface area contributed by atoms with Crippen LogP contribution in [0.3, 0.4) is 0 Å². The van der Waals surface area contributed by atoms with Gasteiger partial charge in [-0.25, -0.2) is 0 Å². The van der Waals surface area contributed by atoms with Crippen molar-refractivity contribution in [2.75, 3.05) is 19.6 Å². The smallest absolute Gasteiger partial charge is 0.263 e. The minimum Gasteiger partial charge on any atom is -0.338 e. The molecule has 1 fully saturated rings. The first-order valence-corrected chi connectivity index (χ1v) is 8.20. The van der Waals surface area contributed by atoms with Crippen LogP contribution in [0.2, 0.25) is 0 Å². The Morgan fingerprint density at radius 3 is 2.84 bits per heavy atom. The summed E-state index contributed by atoms with van der Waals surface area (Å²) >= 11 is 1.72. The first-order valence-electron chi connectivity index (χ1n) is 7.39. The van der Waals surface area contributed by atoms with Gasteiger partial charge in [0.1, 0.15) is 0 Å². The van der Waals surface area contributed by atoms with Gasteiger partial charge in [0, 0.05) is 18.0 Å². The van der Waals surface area contributed by atoms with Gasteiger partial charge in [0.05, 0.1) is 4.88 Å². The van der Waals surface area contributed by atoms with Crippen molar-refractivity contribution < 1.29 is 4.79 Å². The summed E-state index contributed by atoms with van der Waals surface area (Å²) in [4.78, 5) is 16.9. The fraction of sp³-hybridized carbons (Fsp3) is 0.667. The van der Waals surface area contributed by atoms with E-state index >= 15 is 0 Å². The molecule has 2 aliphatic rings. The SMILES string of the molecule is NCCC1CCN(C(=O)c2cc3c(s2)CCC3)CC1. The van der Waals surface area contributed by atoms with Crippen molar-refractivity contribution in [3.8, 4) is 0 Å². The van der Waals surface area contributed by atoms with E-state index in [0.29, 0.717) is 0 Å². The summed E-state index contributed by atoms with van der Waals surface area (Å²) in [6.07, 6.45) is 6.95. The van der Waals surface area contributed by atoms with Crippen LogP contribution in [-0.2, 0) is 12.8 Å². The maximum absolute atomic E-state index is 12.5. The van der Waals surface area contributed by atoms with Crippen molar-refractivity contribution in [3.05, 3.63) is 21.4 Å². The number of aryl methyl sites for hydroxylation is 2. The number of carbonyl (C=O) groups is 1. The van der Waals surface area contributed by atoms with Crippen LogP contribution in [0.15, 0.2) is 6.07 Å². The number of fused-ring (bicyclic) bond motifs is 1. The molecule has 1 aromatic heterocycles. The lowest BCUT2D eigenvalue weighted by Gasteiger charge is -2.31. The molecule has 0 aromatic carbocycles. The van der Waals surface area contributed by atoms with Gasteiger partial charge in [-0.1, -0.05) is 0 Å². The third-order valence-electron chi connectivity index (χ3n) is 4.43. The summed E-state index contributed by atoms with van der Waals surface area (Å²) in [5.74, 6) is 0.980. The molecular weight excluding hydrogens is 256 g/mol. The number of piperidine rings is 1. The second-order valence-corrected chi connectivity index (χ2v) is 6.86. The van der Waals surface area contributed by atoms with Gasteiger partial charge in [0.2, 0.25) is 0 Å². The number of rotatable bonds is 3. The van der Waals surface area contributed by atoms with Crippen molar-refractivity contribution in [1.82, 2.24) is 4.90 Å². The van der Waals surface area contributed by atoms with Crippen LogP contribution in [0.25, 0.3) is 0 Å². The monoisotopic (exact) mass is 278 g/mol. The Morgan fingerprint density at radius 2 is 2.16 bits per heavy atom. The number of likely N-dealkylation sites (tertiary alicyclic amines) is 1. The van der Waals surface area contributed by atoms with E-state index < -0.39 is 0 Å². The van der Waals surface area contributed by atoms with E-state index in [2.05, 4.69) is 6.07 Å². The highest BCUT2D eigenvalue weighted by Crippen LogP contribution is 2.32. The zero-order valence-electron chi connectivity index (χ0n) is 11.4. The third-order valence-corrected chi connectivity index (χ3v) is 5.66. The van der Waals surface area contributed by atoms with Gasteiger partial charge >= 0.3 is 0 Å². The number of hydrogen-bond acceptors (Lipinski definition) is 3. The average molecular weight is 278 g/mol. The van der Waals surface area contributed by atoms with Crippen LogP contribution in [0.5, 0.6) is 0 Å². The maximum Gasteiger partial charge on any atom is 0.263 e. The van der Waals surface area contributed by atoms with Crippen LogP contribution >= 0.6 is 11.3 Å². The number of carbonyl (C=O) groups excluding carboxylic acids is 1. The number of nitrogens with two attached hydrogens (primary N) is 1. The van der Waals surface area contributed by atoms with E-state index in [1.165, 1.54) is 23.3 Å². The van der Waals surface area contributed by atoms with Gasteiger partial charge in [-0.15, -0.1) is 11.3 Å². The molecule has 19 heavy (non-hydrogen) atoms. The van der Waals surface area contributed by atoms with Gasteiger partial charge in [0.15, 0.2) is 0 Å². The minimum atomic E-state index is 0.255. The number of amides is 1. The Bertz CT molecular complexity index is 439. The van der Waals surface area contributed by atoms with Crippen LogP contribution < -0.4 is 5.73 Å². The van der Waals surface area contributed by atoms with E-state index in [1.54, 1.807) is 11.3 Å². The van der Waals surface area contributed by atoms with Crippen LogP contribution in [-0.4, -0.2) is 30.4 Å². The summed E-state index contributed by atoms with van der Waals surface area (Å²) < 4.78 is 0. The van der Waals surface area contributed by atoms with Crippen LogP contribution in [0, 0.1) is 5.92 Å². The lowest BCUT2D eigenvalue weighted by Crippen LogP contribution is -2.38. The van der Waals surface area contributed by atoms with Gasteiger partial charge in [-0.3, -0.25) is 4.79 Å². The summed E-state index contributed by atoms with van der Waals surface area (Å²) in [5, 5.41) is 0. The van der Waals surface area contributed by atoms with E-state index in [4.69, 9.17) is 5.73 Å². The van der Waals surface area contributed by atoms with Crippen molar-refractivity contribution in [2.45, 2.75) is 38.5 Å². The molecule has 1 saturated heterocycles. The lowest BCUT2D eigenvalue weighted by molar-refractivity contribution is 0.0693. The highest BCUT2D eigenvalue weighted by molar-refractivity contribution is 7.14. The Morgan fingerprint density at radius 1 is 1.37 bits per heavy atom. The fourth-order valence-corrected chi connectivity index (χ4v) is 4.47. The fourth-order valence-electron chi connectivity index (χ4n) is 3.25. The topological polar surface area (TPSA) is 46.3 Å². The van der Waals surface area contributed by atoms with Crippen molar-refractivity contribution >= 4 is 17.2 Å². The predicted octanol–water partition coefficient (Wildman–Crippen LogP) is 2.44. The number of nitrogens with zero attached hydrogens (tertiary/aromatic N) is 1. The first kappa shape index (κ1) is 13.1. The molecule has 2 heterocycles. The van der Waals surface area contributed by atoms with Gasteiger partial charge in [-0.05, 0) is 62.6 Å². The molecule has 0 spiro atoms. The van der Waals surface area contributed by atoms with Gasteiger partial charge in [0.25, 0.3) is 5.91 Å². The second kappa shape index (κ2) is 5.63. The maximum atomic E-state index is 12.5. The lowest BCUT2D eigenvalue weighted by atomic mass is 9.93. The van der Waals surface area contributed by atoms with Gasteiger partial charge < -0.3 is 10.6 Å². The predicted molar refractivity (Wildman–Crippen MR) is 78.6 cm³/mol. The van der Waals surface area contributed by atoms with Crippen LogP contribution in [0.4, 0.5) is 0 Å². The molecule has 104 valence electrons. The molecule has 3 rings (SSSR count). The molecule has 0 unspecified atom stereocenters. The third kappa shape index (κ3) is 2.70. The summed E-state index contributed by atoms with van der Waals surface area (Å²) in [6, 6.07) is 2.14. The van der Waals surface area contributed by atoms with Gasteiger partial charge in [-0.2, -0.15) is 0 Å². The Labute approximate surface area is 118 Å². The summed E-state index contributed by atoms with van der Waals surface area (Å²) in [7, 11) is 0. The minimum absolute atomic E-state index is 0.255. The molecule has 1 aliphatic carbocycles. The molecule has 0 bridgehead atoms. The van der Waals surface area contributed by atoms with E-state index in [1.807, 2.05) is 4.90 Å². The molecule has 3 nitrogen and oxygen atoms in total. The van der Waals surface area contributed by atoms with E-state index in [9.17, 15) is 4.79 Å². The van der Waals surface area contributed by atoms with Crippen molar-refractivity contribution in [3.63, 3.8) is 0 Å². The second-order valence-electron chi connectivity index (χ2n) is 5.73. The highest BCUT2D eigenvalue weighted by Gasteiger charge is 2.26. The molecule has 0 atom stereocenters. The normalized spacial score (nSPS) is 19.7. The zero-order chi connectivity index (χ0) is 13.2. The molecule has 2 N–H and O–H groups in total. The Kier molecular flexibility index (Phi) is 3.89. The molecule has 1 amide bonds.